The predicted molar refractivity (Wildman–Crippen MR) is 99.6 cm³/mol. The van der Waals surface area contributed by atoms with Crippen molar-refractivity contribution in [3.05, 3.63) is 33.7 Å². The Morgan fingerprint density at radius 1 is 1.31 bits per heavy atom. The second kappa shape index (κ2) is 6.61. The molecule has 2 aliphatic rings. The molecule has 6 nitrogen and oxygen atoms in total. The van der Waals surface area contributed by atoms with Crippen molar-refractivity contribution in [2.75, 3.05) is 6.61 Å². The van der Waals surface area contributed by atoms with Crippen LogP contribution < -0.4 is 10.1 Å². The number of aryl methyl sites for hydroxylation is 1. The molecular weight excluding hydrogens is 348 g/mol. The van der Waals surface area contributed by atoms with Crippen LogP contribution in [0.3, 0.4) is 0 Å². The first-order valence-electron chi connectivity index (χ1n) is 9.17. The highest BCUT2D eigenvalue weighted by molar-refractivity contribution is 7.09. The molecule has 0 atom stereocenters. The topological polar surface area (TPSA) is 77.0 Å². The van der Waals surface area contributed by atoms with Crippen molar-refractivity contribution in [3.8, 4) is 5.88 Å². The maximum absolute atomic E-state index is 12.7. The lowest BCUT2D eigenvalue weighted by Crippen LogP contribution is -2.41. The first kappa shape index (κ1) is 17.4. The molecule has 0 bridgehead atoms. The van der Waals surface area contributed by atoms with E-state index in [1.807, 2.05) is 26.2 Å². The van der Waals surface area contributed by atoms with Gasteiger partial charge in [-0.05, 0) is 52.4 Å². The molecule has 4 rings (SSSR count). The summed E-state index contributed by atoms with van der Waals surface area (Å²) in [5, 5.41) is 5.88. The van der Waals surface area contributed by atoms with Crippen LogP contribution >= 0.6 is 11.3 Å². The van der Waals surface area contributed by atoms with E-state index < -0.39 is 5.54 Å². The molecule has 2 aliphatic carbocycles. The number of nitrogens with zero attached hydrogens (tertiary/aromatic N) is 3. The van der Waals surface area contributed by atoms with Crippen molar-refractivity contribution in [1.29, 1.82) is 0 Å². The van der Waals surface area contributed by atoms with E-state index in [0.29, 0.717) is 30.0 Å². The van der Waals surface area contributed by atoms with Gasteiger partial charge in [-0.25, -0.2) is 9.97 Å². The highest BCUT2D eigenvalue weighted by atomic mass is 32.1. The summed E-state index contributed by atoms with van der Waals surface area (Å²) in [4.78, 5) is 26.2. The van der Waals surface area contributed by atoms with Gasteiger partial charge >= 0.3 is 0 Å². The minimum absolute atomic E-state index is 0.256. The zero-order chi connectivity index (χ0) is 18.3. The molecule has 7 heteroatoms. The Morgan fingerprint density at radius 3 is 2.69 bits per heavy atom. The van der Waals surface area contributed by atoms with E-state index in [4.69, 9.17) is 4.74 Å². The number of nitrogens with one attached hydrogen (secondary N) is 1. The Hall–Kier alpha value is -2.02. The van der Waals surface area contributed by atoms with Gasteiger partial charge < -0.3 is 10.1 Å². The normalized spacial score (nSPS) is 17.2. The summed E-state index contributed by atoms with van der Waals surface area (Å²) in [6.45, 7) is 6.51. The number of hydrogen-bond donors (Lipinski definition) is 1. The lowest BCUT2D eigenvalue weighted by molar-refractivity contribution is 0.0904. The molecule has 0 spiro atoms. The van der Waals surface area contributed by atoms with Crippen molar-refractivity contribution >= 4 is 17.2 Å². The van der Waals surface area contributed by atoms with Crippen LogP contribution in [0.5, 0.6) is 5.88 Å². The molecule has 1 amide bonds. The number of amides is 1. The minimum Gasteiger partial charge on any atom is -0.476 e. The standard InChI is InChI=1S/C19H24N4O2S/c1-11-10-26-18(21-11)19(2,3)23-16(24)14-8-20-15(13-6-7-13)17(22-14)25-9-12-4-5-12/h8,10,12-13H,4-7,9H2,1-3H3,(H,23,24). The van der Waals surface area contributed by atoms with Crippen LogP contribution in [0.15, 0.2) is 11.6 Å². The Balaban J connectivity index is 1.52. The molecule has 2 fully saturated rings. The van der Waals surface area contributed by atoms with Gasteiger partial charge in [0.05, 0.1) is 18.3 Å². The average Bonchev–Trinajstić information content (AvgIpc) is 3.51. The molecule has 138 valence electrons. The fourth-order valence-electron chi connectivity index (χ4n) is 2.76. The van der Waals surface area contributed by atoms with E-state index in [1.165, 1.54) is 12.8 Å². The number of rotatable bonds is 7. The zero-order valence-electron chi connectivity index (χ0n) is 15.4. The SMILES string of the molecule is Cc1csc(C(C)(C)NC(=O)c2cnc(C3CC3)c(OCC3CC3)n2)n1. The third kappa shape index (κ3) is 3.87. The number of hydrogen-bond acceptors (Lipinski definition) is 6. The summed E-state index contributed by atoms with van der Waals surface area (Å²) in [5.41, 5.74) is 1.58. The monoisotopic (exact) mass is 372 g/mol. The van der Waals surface area contributed by atoms with Crippen LogP contribution in [0.1, 0.15) is 72.3 Å². The third-order valence-electron chi connectivity index (χ3n) is 4.70. The number of aromatic nitrogens is 3. The van der Waals surface area contributed by atoms with Gasteiger partial charge in [0.25, 0.3) is 5.91 Å². The Kier molecular flexibility index (Phi) is 4.42. The van der Waals surface area contributed by atoms with Crippen molar-refractivity contribution < 1.29 is 9.53 Å². The molecule has 0 aliphatic heterocycles. The van der Waals surface area contributed by atoms with Gasteiger partial charge in [-0.1, -0.05) is 0 Å². The van der Waals surface area contributed by atoms with Crippen molar-refractivity contribution in [1.82, 2.24) is 20.3 Å². The van der Waals surface area contributed by atoms with Gasteiger partial charge in [0, 0.05) is 17.0 Å². The van der Waals surface area contributed by atoms with E-state index in [-0.39, 0.29) is 5.91 Å². The Bertz CT molecular complexity index is 825. The fourth-order valence-corrected chi connectivity index (χ4v) is 3.63. The lowest BCUT2D eigenvalue weighted by Gasteiger charge is -2.23. The molecule has 2 saturated carbocycles. The summed E-state index contributed by atoms with van der Waals surface area (Å²) in [7, 11) is 0. The molecule has 0 unspecified atom stereocenters. The van der Waals surface area contributed by atoms with Crippen LogP contribution in [0.2, 0.25) is 0 Å². The molecule has 0 saturated heterocycles. The molecular formula is C19H24N4O2S. The number of carbonyl (C=O) groups is 1. The first-order valence-corrected chi connectivity index (χ1v) is 10.0. The van der Waals surface area contributed by atoms with Gasteiger partial charge in [0.1, 0.15) is 10.7 Å². The number of thiazole rings is 1. The second-order valence-electron chi connectivity index (χ2n) is 7.85. The highest BCUT2D eigenvalue weighted by Crippen LogP contribution is 2.43. The number of ether oxygens (including phenoxy) is 1. The Labute approximate surface area is 157 Å². The van der Waals surface area contributed by atoms with E-state index in [9.17, 15) is 4.79 Å². The largest absolute Gasteiger partial charge is 0.476 e. The summed E-state index contributed by atoms with van der Waals surface area (Å²) >= 11 is 1.54. The van der Waals surface area contributed by atoms with Crippen LogP contribution in [-0.4, -0.2) is 27.5 Å². The molecule has 26 heavy (non-hydrogen) atoms. The molecule has 0 aromatic carbocycles. The molecule has 0 radical (unpaired) electrons. The van der Waals surface area contributed by atoms with Gasteiger partial charge in [-0.15, -0.1) is 11.3 Å². The lowest BCUT2D eigenvalue weighted by atomic mass is 10.1. The van der Waals surface area contributed by atoms with Crippen molar-refractivity contribution in [3.63, 3.8) is 0 Å². The quantitative estimate of drug-likeness (QED) is 0.804. The van der Waals surface area contributed by atoms with Gasteiger partial charge in [0.15, 0.2) is 5.69 Å². The summed E-state index contributed by atoms with van der Waals surface area (Å²) in [6.07, 6.45) is 6.24. The third-order valence-corrected chi connectivity index (χ3v) is 5.98. The first-order chi connectivity index (χ1) is 12.4. The Morgan fingerprint density at radius 2 is 2.08 bits per heavy atom. The summed E-state index contributed by atoms with van der Waals surface area (Å²) in [6, 6.07) is 0. The van der Waals surface area contributed by atoms with Crippen molar-refractivity contribution in [2.45, 2.75) is 57.9 Å². The maximum atomic E-state index is 12.7. The number of carbonyl (C=O) groups excluding carboxylic acids is 1. The van der Waals surface area contributed by atoms with Gasteiger partial charge in [-0.3, -0.25) is 9.78 Å². The van der Waals surface area contributed by atoms with Gasteiger partial charge in [-0.2, -0.15) is 0 Å². The van der Waals surface area contributed by atoms with E-state index in [1.54, 1.807) is 17.5 Å². The molecule has 1 N–H and O–H groups in total. The zero-order valence-corrected chi connectivity index (χ0v) is 16.2. The van der Waals surface area contributed by atoms with Crippen LogP contribution in [-0.2, 0) is 5.54 Å². The molecule has 2 aromatic rings. The van der Waals surface area contributed by atoms with Crippen LogP contribution in [0.25, 0.3) is 0 Å². The van der Waals surface area contributed by atoms with E-state index in [2.05, 4.69) is 20.3 Å². The average molecular weight is 372 g/mol. The maximum Gasteiger partial charge on any atom is 0.272 e. The molecule has 2 aromatic heterocycles. The predicted octanol–water partition coefficient (Wildman–Crippen LogP) is 3.57. The summed E-state index contributed by atoms with van der Waals surface area (Å²) in [5.74, 6) is 1.35. The second-order valence-corrected chi connectivity index (χ2v) is 8.71. The molecule has 2 heterocycles. The van der Waals surface area contributed by atoms with Crippen molar-refractivity contribution in [2.24, 2.45) is 5.92 Å². The minimum atomic E-state index is -0.568. The van der Waals surface area contributed by atoms with E-state index in [0.717, 1.165) is 29.2 Å². The van der Waals surface area contributed by atoms with E-state index >= 15 is 0 Å². The van der Waals surface area contributed by atoms with Crippen LogP contribution in [0, 0.1) is 12.8 Å². The fraction of sp³-hybridized carbons (Fsp3) is 0.579. The highest BCUT2D eigenvalue weighted by Gasteiger charge is 2.32. The van der Waals surface area contributed by atoms with Crippen LogP contribution in [0.4, 0.5) is 0 Å². The smallest absolute Gasteiger partial charge is 0.272 e. The van der Waals surface area contributed by atoms with Gasteiger partial charge in [0.2, 0.25) is 5.88 Å². The summed E-state index contributed by atoms with van der Waals surface area (Å²) < 4.78 is 5.91.